The van der Waals surface area contributed by atoms with Crippen LogP contribution in [0.4, 0.5) is 5.69 Å². The summed E-state index contributed by atoms with van der Waals surface area (Å²) in [6.07, 6.45) is 0.156. The molecule has 0 fully saturated rings. The lowest BCUT2D eigenvalue weighted by atomic mass is 10.3. The number of ether oxygens (including phenoxy) is 1. The van der Waals surface area contributed by atoms with Crippen LogP contribution < -0.4 is 10.1 Å². The van der Waals surface area contributed by atoms with Crippen LogP contribution in [-0.2, 0) is 0 Å². The van der Waals surface area contributed by atoms with E-state index in [1.807, 2.05) is 13.0 Å². The maximum absolute atomic E-state index is 5.71. The molecule has 12 heavy (non-hydrogen) atoms. The van der Waals surface area contributed by atoms with Crippen LogP contribution in [-0.4, -0.2) is 17.6 Å². The topological polar surface area (TPSA) is 34.2 Å². The van der Waals surface area contributed by atoms with Gasteiger partial charge in [-0.2, -0.15) is 4.98 Å². The Kier molecular flexibility index (Phi) is 1.81. The molecule has 0 aliphatic carbocycles. The highest BCUT2D eigenvalue weighted by Crippen LogP contribution is 2.27. The van der Waals surface area contributed by atoms with Crippen LogP contribution in [0.5, 0.6) is 5.88 Å². The van der Waals surface area contributed by atoms with Crippen LogP contribution in [0.1, 0.15) is 6.92 Å². The second-order valence-electron chi connectivity index (χ2n) is 2.80. The Morgan fingerprint density at radius 3 is 3.33 bits per heavy atom. The average molecular weight is 185 g/mol. The van der Waals surface area contributed by atoms with Gasteiger partial charge in [0.2, 0.25) is 5.88 Å². The number of nitrogens with one attached hydrogen (secondary N) is 1. The first kappa shape index (κ1) is 7.68. The minimum atomic E-state index is 0.156. The van der Waals surface area contributed by atoms with Crippen molar-refractivity contribution in [3.63, 3.8) is 0 Å². The Balaban J connectivity index is 2.37. The average Bonchev–Trinajstić information content (AvgIpc) is 2.03. The summed E-state index contributed by atoms with van der Waals surface area (Å²) in [6.45, 7) is 2.80. The number of pyridine rings is 1. The van der Waals surface area contributed by atoms with E-state index in [4.69, 9.17) is 16.3 Å². The summed E-state index contributed by atoms with van der Waals surface area (Å²) in [6, 6.07) is 3.61. The largest absolute Gasteiger partial charge is 0.471 e. The molecule has 3 nitrogen and oxygen atoms in total. The SMILES string of the molecule is CC1CNc2ccc(Cl)nc2O1. The molecule has 2 rings (SSSR count). The fourth-order valence-electron chi connectivity index (χ4n) is 1.13. The highest BCUT2D eigenvalue weighted by atomic mass is 35.5. The molecule has 0 saturated heterocycles. The predicted octanol–water partition coefficient (Wildman–Crippen LogP) is 1.93. The maximum Gasteiger partial charge on any atom is 0.239 e. The zero-order valence-corrected chi connectivity index (χ0v) is 7.43. The normalized spacial score (nSPS) is 20.7. The van der Waals surface area contributed by atoms with Gasteiger partial charge in [-0.05, 0) is 19.1 Å². The van der Waals surface area contributed by atoms with E-state index >= 15 is 0 Å². The van der Waals surface area contributed by atoms with Gasteiger partial charge in [0.05, 0.1) is 12.2 Å². The van der Waals surface area contributed by atoms with Crippen molar-refractivity contribution in [2.75, 3.05) is 11.9 Å². The van der Waals surface area contributed by atoms with Crippen molar-refractivity contribution in [2.24, 2.45) is 0 Å². The molecule has 1 atom stereocenters. The van der Waals surface area contributed by atoms with Crippen molar-refractivity contribution < 1.29 is 4.74 Å². The molecule has 0 aromatic carbocycles. The van der Waals surface area contributed by atoms with E-state index in [0.29, 0.717) is 11.0 Å². The van der Waals surface area contributed by atoms with Crippen LogP contribution in [0.15, 0.2) is 12.1 Å². The summed E-state index contributed by atoms with van der Waals surface area (Å²) < 4.78 is 5.45. The minimum Gasteiger partial charge on any atom is -0.471 e. The number of rotatable bonds is 0. The molecule has 1 aromatic heterocycles. The predicted molar refractivity (Wildman–Crippen MR) is 47.8 cm³/mol. The highest BCUT2D eigenvalue weighted by Gasteiger charge is 2.16. The van der Waals surface area contributed by atoms with Crippen LogP contribution in [0.2, 0.25) is 5.15 Å². The monoisotopic (exact) mass is 184 g/mol. The number of hydrogen-bond donors (Lipinski definition) is 1. The first-order valence-electron chi connectivity index (χ1n) is 3.83. The quantitative estimate of drug-likeness (QED) is 0.626. The zero-order chi connectivity index (χ0) is 8.55. The standard InChI is InChI=1S/C8H9ClN2O/c1-5-4-10-6-2-3-7(9)11-8(6)12-5/h2-3,5,10H,4H2,1H3. The summed E-state index contributed by atoms with van der Waals surface area (Å²) in [5.74, 6) is 0.598. The molecule has 1 N–H and O–H groups in total. The lowest BCUT2D eigenvalue weighted by Gasteiger charge is -2.23. The summed E-state index contributed by atoms with van der Waals surface area (Å²) in [7, 11) is 0. The van der Waals surface area contributed by atoms with Crippen LogP contribution in [0.25, 0.3) is 0 Å². The second-order valence-corrected chi connectivity index (χ2v) is 3.18. The summed E-state index contributed by atoms with van der Waals surface area (Å²) >= 11 is 5.71. The maximum atomic E-state index is 5.71. The summed E-state index contributed by atoms with van der Waals surface area (Å²) in [4.78, 5) is 4.04. The molecule has 2 heterocycles. The van der Waals surface area contributed by atoms with E-state index in [9.17, 15) is 0 Å². The Bertz CT molecular complexity index is 303. The van der Waals surface area contributed by atoms with Gasteiger partial charge in [0.25, 0.3) is 0 Å². The molecule has 4 heteroatoms. The Labute approximate surface area is 75.7 Å². The van der Waals surface area contributed by atoms with E-state index < -0.39 is 0 Å². The first-order chi connectivity index (χ1) is 5.75. The molecule has 1 aliphatic heterocycles. The van der Waals surface area contributed by atoms with Crippen molar-refractivity contribution in [2.45, 2.75) is 13.0 Å². The molecule has 1 aromatic rings. The molecular weight excluding hydrogens is 176 g/mol. The Morgan fingerprint density at radius 1 is 1.67 bits per heavy atom. The van der Waals surface area contributed by atoms with Gasteiger partial charge in [-0.15, -0.1) is 0 Å². The molecule has 0 bridgehead atoms. The molecule has 0 spiro atoms. The van der Waals surface area contributed by atoms with Crippen LogP contribution in [0.3, 0.4) is 0 Å². The lowest BCUT2D eigenvalue weighted by molar-refractivity contribution is 0.216. The van der Waals surface area contributed by atoms with E-state index in [1.165, 1.54) is 0 Å². The number of aromatic nitrogens is 1. The first-order valence-corrected chi connectivity index (χ1v) is 4.20. The number of anilines is 1. The van der Waals surface area contributed by atoms with Gasteiger partial charge in [-0.1, -0.05) is 11.6 Å². The van der Waals surface area contributed by atoms with Crippen molar-refractivity contribution in [1.29, 1.82) is 0 Å². The van der Waals surface area contributed by atoms with Crippen molar-refractivity contribution >= 4 is 17.3 Å². The third kappa shape index (κ3) is 1.32. The summed E-state index contributed by atoms with van der Waals surface area (Å²) in [5, 5.41) is 3.66. The van der Waals surface area contributed by atoms with Crippen LogP contribution >= 0.6 is 11.6 Å². The van der Waals surface area contributed by atoms with Gasteiger partial charge in [-0.3, -0.25) is 0 Å². The van der Waals surface area contributed by atoms with E-state index in [-0.39, 0.29) is 6.10 Å². The molecule has 0 amide bonds. The zero-order valence-electron chi connectivity index (χ0n) is 6.67. The number of halogens is 1. The fraction of sp³-hybridized carbons (Fsp3) is 0.375. The fourth-order valence-corrected chi connectivity index (χ4v) is 1.27. The Hall–Kier alpha value is -0.960. The second kappa shape index (κ2) is 2.83. The molecule has 1 aliphatic rings. The van der Waals surface area contributed by atoms with E-state index in [0.717, 1.165) is 12.2 Å². The summed E-state index contributed by atoms with van der Waals surface area (Å²) in [5.41, 5.74) is 0.914. The van der Waals surface area contributed by atoms with Crippen molar-refractivity contribution in [3.05, 3.63) is 17.3 Å². The third-order valence-corrected chi connectivity index (χ3v) is 1.93. The van der Waals surface area contributed by atoms with Gasteiger partial charge < -0.3 is 10.1 Å². The van der Waals surface area contributed by atoms with E-state index in [1.54, 1.807) is 6.07 Å². The smallest absolute Gasteiger partial charge is 0.239 e. The van der Waals surface area contributed by atoms with Crippen molar-refractivity contribution in [3.8, 4) is 5.88 Å². The number of hydrogen-bond acceptors (Lipinski definition) is 3. The minimum absolute atomic E-state index is 0.156. The van der Waals surface area contributed by atoms with Crippen molar-refractivity contribution in [1.82, 2.24) is 4.98 Å². The molecule has 1 unspecified atom stereocenters. The Morgan fingerprint density at radius 2 is 2.50 bits per heavy atom. The van der Waals surface area contributed by atoms with Gasteiger partial charge >= 0.3 is 0 Å². The van der Waals surface area contributed by atoms with Gasteiger partial charge in [0.15, 0.2) is 0 Å². The van der Waals surface area contributed by atoms with Gasteiger partial charge in [0, 0.05) is 0 Å². The molecule has 0 radical (unpaired) electrons. The lowest BCUT2D eigenvalue weighted by Crippen LogP contribution is -2.28. The third-order valence-electron chi connectivity index (χ3n) is 1.72. The number of nitrogens with zero attached hydrogens (tertiary/aromatic N) is 1. The van der Waals surface area contributed by atoms with E-state index in [2.05, 4.69) is 10.3 Å². The van der Waals surface area contributed by atoms with Gasteiger partial charge in [0.1, 0.15) is 11.3 Å². The molecule has 0 saturated carbocycles. The van der Waals surface area contributed by atoms with Crippen LogP contribution in [0, 0.1) is 0 Å². The number of fused-ring (bicyclic) bond motifs is 1. The van der Waals surface area contributed by atoms with Gasteiger partial charge in [-0.25, -0.2) is 0 Å². The molecular formula is C8H9ClN2O. The molecule has 64 valence electrons. The highest BCUT2D eigenvalue weighted by molar-refractivity contribution is 6.29.